The molecule has 0 heterocycles. The van der Waals surface area contributed by atoms with Crippen molar-refractivity contribution < 1.29 is 9.90 Å². The zero-order valence-electron chi connectivity index (χ0n) is 14.8. The Morgan fingerprint density at radius 1 is 1.43 bits per heavy atom. The number of carboxylic acids is 1. The third-order valence-electron chi connectivity index (χ3n) is 4.98. The molecule has 23 heavy (non-hydrogen) atoms. The molecule has 0 aliphatic heterocycles. The maximum atomic E-state index is 10.7. The summed E-state index contributed by atoms with van der Waals surface area (Å²) in [5.74, 6) is 0.231. The van der Waals surface area contributed by atoms with Gasteiger partial charge in [-0.25, -0.2) is 0 Å². The van der Waals surface area contributed by atoms with E-state index in [-0.39, 0.29) is 12.3 Å². The van der Waals surface area contributed by atoms with Gasteiger partial charge in [-0.15, -0.1) is 0 Å². The average molecular weight is 314 g/mol. The van der Waals surface area contributed by atoms with Gasteiger partial charge in [-0.2, -0.15) is 0 Å². The second-order valence-electron chi connectivity index (χ2n) is 7.33. The van der Waals surface area contributed by atoms with Crippen LogP contribution in [0.15, 0.2) is 29.8 Å². The number of carboxylic acid groups (broad SMARTS) is 1. The predicted molar refractivity (Wildman–Crippen MR) is 95.9 cm³/mol. The molecule has 1 aromatic rings. The highest BCUT2D eigenvalue weighted by molar-refractivity contribution is 5.66. The van der Waals surface area contributed by atoms with Crippen LogP contribution in [0.1, 0.15) is 75.0 Å². The van der Waals surface area contributed by atoms with E-state index in [4.69, 9.17) is 5.11 Å². The summed E-state index contributed by atoms with van der Waals surface area (Å²) in [4.78, 5) is 10.7. The molecule has 2 unspecified atom stereocenters. The number of carbonyl (C=O) groups is 1. The molecule has 0 spiro atoms. The van der Waals surface area contributed by atoms with Gasteiger partial charge in [0.15, 0.2) is 0 Å². The molecule has 0 amide bonds. The van der Waals surface area contributed by atoms with Gasteiger partial charge in [-0.1, -0.05) is 42.3 Å². The number of benzene rings is 1. The summed E-state index contributed by atoms with van der Waals surface area (Å²) >= 11 is 0. The third kappa shape index (κ3) is 5.53. The highest BCUT2D eigenvalue weighted by Gasteiger charge is 2.20. The Morgan fingerprint density at radius 3 is 2.96 bits per heavy atom. The second-order valence-corrected chi connectivity index (χ2v) is 7.33. The topological polar surface area (TPSA) is 37.3 Å². The van der Waals surface area contributed by atoms with Crippen molar-refractivity contribution in [3.05, 3.63) is 46.5 Å². The highest BCUT2D eigenvalue weighted by atomic mass is 16.4. The smallest absolute Gasteiger partial charge is 0.303 e. The minimum Gasteiger partial charge on any atom is -0.481 e. The lowest BCUT2D eigenvalue weighted by Crippen LogP contribution is -2.10. The molecule has 2 nitrogen and oxygen atoms in total. The lowest BCUT2D eigenvalue weighted by molar-refractivity contribution is -0.138. The molecule has 2 heteroatoms. The lowest BCUT2D eigenvalue weighted by atomic mass is 9.79. The molecular formula is C21H30O2. The van der Waals surface area contributed by atoms with Crippen molar-refractivity contribution >= 4 is 5.97 Å². The Morgan fingerprint density at radius 2 is 2.22 bits per heavy atom. The molecular weight excluding hydrogens is 284 g/mol. The van der Waals surface area contributed by atoms with Crippen molar-refractivity contribution in [2.75, 3.05) is 0 Å². The van der Waals surface area contributed by atoms with Crippen LogP contribution in [-0.2, 0) is 11.2 Å². The van der Waals surface area contributed by atoms with E-state index in [0.717, 1.165) is 19.3 Å². The predicted octanol–water partition coefficient (Wildman–Crippen LogP) is 5.64. The maximum absolute atomic E-state index is 10.7. The lowest BCUT2D eigenvalue weighted by Gasteiger charge is -2.26. The molecule has 1 aliphatic carbocycles. The summed E-state index contributed by atoms with van der Waals surface area (Å²) in [5, 5.41) is 8.81. The summed E-state index contributed by atoms with van der Waals surface area (Å²) < 4.78 is 0. The van der Waals surface area contributed by atoms with Crippen LogP contribution in [0, 0.1) is 12.8 Å². The van der Waals surface area contributed by atoms with Gasteiger partial charge in [0.2, 0.25) is 0 Å². The van der Waals surface area contributed by atoms with Crippen LogP contribution in [0.2, 0.25) is 0 Å². The van der Waals surface area contributed by atoms with Crippen molar-refractivity contribution in [3.63, 3.8) is 0 Å². The number of fused-ring (bicyclic) bond motifs is 1. The summed E-state index contributed by atoms with van der Waals surface area (Å²) in [5.41, 5.74) is 5.91. The van der Waals surface area contributed by atoms with Crippen molar-refractivity contribution in [2.45, 2.75) is 71.6 Å². The van der Waals surface area contributed by atoms with Crippen LogP contribution in [0.25, 0.3) is 0 Å². The van der Waals surface area contributed by atoms with Gasteiger partial charge in [0.1, 0.15) is 0 Å². The van der Waals surface area contributed by atoms with E-state index in [1.165, 1.54) is 30.4 Å². The van der Waals surface area contributed by atoms with Gasteiger partial charge in [-0.05, 0) is 75.3 Å². The Balaban J connectivity index is 1.90. The number of aryl methyl sites for hydroxylation is 2. The Labute approximate surface area is 140 Å². The molecule has 2 atom stereocenters. The Bertz CT molecular complexity index is 571. The van der Waals surface area contributed by atoms with Crippen LogP contribution in [0.4, 0.5) is 0 Å². The first-order valence-electron chi connectivity index (χ1n) is 8.92. The quantitative estimate of drug-likeness (QED) is 0.661. The number of rotatable bonds is 7. The van der Waals surface area contributed by atoms with E-state index in [2.05, 4.69) is 38.1 Å². The first-order valence-corrected chi connectivity index (χ1v) is 8.92. The van der Waals surface area contributed by atoms with Crippen LogP contribution < -0.4 is 0 Å². The maximum Gasteiger partial charge on any atom is 0.303 e. The van der Waals surface area contributed by atoms with E-state index in [1.54, 1.807) is 11.1 Å². The Kier molecular flexibility index (Phi) is 6.44. The monoisotopic (exact) mass is 314 g/mol. The molecule has 0 fully saturated rings. The van der Waals surface area contributed by atoms with E-state index >= 15 is 0 Å². The van der Waals surface area contributed by atoms with Crippen molar-refractivity contribution in [2.24, 2.45) is 5.92 Å². The molecule has 126 valence electrons. The number of allylic oxidation sites excluding steroid dienone is 2. The van der Waals surface area contributed by atoms with Gasteiger partial charge in [0, 0.05) is 6.42 Å². The largest absolute Gasteiger partial charge is 0.481 e. The molecule has 2 rings (SSSR count). The van der Waals surface area contributed by atoms with Crippen molar-refractivity contribution in [3.8, 4) is 0 Å². The Hall–Kier alpha value is -1.57. The van der Waals surface area contributed by atoms with E-state index in [0.29, 0.717) is 5.92 Å². The van der Waals surface area contributed by atoms with Crippen molar-refractivity contribution in [1.82, 2.24) is 0 Å². The number of hydrogen-bond donors (Lipinski definition) is 1. The fourth-order valence-electron chi connectivity index (χ4n) is 3.74. The van der Waals surface area contributed by atoms with Crippen LogP contribution >= 0.6 is 0 Å². The zero-order chi connectivity index (χ0) is 16.8. The third-order valence-corrected chi connectivity index (χ3v) is 4.98. The number of aliphatic carboxylic acids is 1. The average Bonchev–Trinajstić information content (AvgIpc) is 2.46. The highest BCUT2D eigenvalue weighted by Crippen LogP contribution is 2.36. The summed E-state index contributed by atoms with van der Waals surface area (Å²) in [7, 11) is 0. The molecule has 1 N–H and O–H groups in total. The van der Waals surface area contributed by atoms with Gasteiger partial charge < -0.3 is 5.11 Å². The standard InChI is InChI=1S/C21H30O2/c1-15(6-4-7-16(2)14-21(22)23)12-18-8-5-9-19-13-17(3)10-11-20(18)19/h6,10-11,13,16,18H,4-5,7-9,12,14H2,1-3H3,(H,22,23)/b15-6-. The van der Waals surface area contributed by atoms with Gasteiger partial charge in [0.25, 0.3) is 0 Å². The number of hydrogen-bond acceptors (Lipinski definition) is 1. The van der Waals surface area contributed by atoms with E-state index in [1.807, 2.05) is 6.92 Å². The summed E-state index contributed by atoms with van der Waals surface area (Å²) in [6.45, 7) is 6.43. The van der Waals surface area contributed by atoms with Crippen LogP contribution in [0.3, 0.4) is 0 Å². The van der Waals surface area contributed by atoms with E-state index in [9.17, 15) is 4.79 Å². The molecule has 0 radical (unpaired) electrons. The molecule has 0 aromatic heterocycles. The van der Waals surface area contributed by atoms with Gasteiger partial charge >= 0.3 is 5.97 Å². The minimum absolute atomic E-state index is 0.259. The fraction of sp³-hybridized carbons (Fsp3) is 0.571. The first-order chi connectivity index (χ1) is 11.0. The molecule has 0 bridgehead atoms. The van der Waals surface area contributed by atoms with Crippen molar-refractivity contribution in [1.29, 1.82) is 0 Å². The van der Waals surface area contributed by atoms with Gasteiger partial charge in [0.05, 0.1) is 0 Å². The van der Waals surface area contributed by atoms with Gasteiger partial charge in [-0.3, -0.25) is 4.79 Å². The SMILES string of the molecule is C/C(=C/CCC(C)CC(=O)O)CC1CCCc2cc(C)ccc21. The molecule has 1 aromatic carbocycles. The van der Waals surface area contributed by atoms with Crippen LogP contribution in [0.5, 0.6) is 0 Å². The molecule has 1 aliphatic rings. The first kappa shape index (κ1) is 17.8. The normalized spacial score (nSPS) is 19.3. The van der Waals surface area contributed by atoms with Crippen LogP contribution in [-0.4, -0.2) is 11.1 Å². The molecule has 0 saturated carbocycles. The summed E-state index contributed by atoms with van der Waals surface area (Å²) in [6.07, 6.45) is 9.51. The fourth-order valence-corrected chi connectivity index (χ4v) is 3.74. The van der Waals surface area contributed by atoms with E-state index < -0.39 is 5.97 Å². The summed E-state index contributed by atoms with van der Waals surface area (Å²) in [6, 6.07) is 6.93. The molecule has 0 saturated heterocycles. The second kappa shape index (κ2) is 8.33. The minimum atomic E-state index is -0.688. The zero-order valence-corrected chi connectivity index (χ0v) is 14.8.